The van der Waals surface area contributed by atoms with E-state index in [1.807, 2.05) is 0 Å². The van der Waals surface area contributed by atoms with Gasteiger partial charge in [0.15, 0.2) is 23.2 Å². The molecular formula is C11H16N6O4. The molecule has 10 heteroatoms. The third-order valence-corrected chi connectivity index (χ3v) is 3.53. The first kappa shape index (κ1) is 13.9. The van der Waals surface area contributed by atoms with Gasteiger partial charge in [0, 0.05) is 0 Å². The summed E-state index contributed by atoms with van der Waals surface area (Å²) in [7, 11) is 0. The number of imidazole rings is 1. The van der Waals surface area contributed by atoms with Gasteiger partial charge in [-0.25, -0.2) is 4.98 Å². The van der Waals surface area contributed by atoms with Crippen LogP contribution in [0.15, 0.2) is 0 Å². The first-order chi connectivity index (χ1) is 9.93. The summed E-state index contributed by atoms with van der Waals surface area (Å²) >= 11 is 0. The number of anilines is 2. The van der Waals surface area contributed by atoms with E-state index in [0.29, 0.717) is 17.0 Å². The van der Waals surface area contributed by atoms with Crippen molar-refractivity contribution in [3.8, 4) is 0 Å². The predicted molar refractivity (Wildman–Crippen MR) is 71.9 cm³/mol. The SMILES string of the molecule is Cc1nc2c(N)nc(N)nc2n1[C@@H]1O[C@H](CO)[C@@H](O)[C@H]1O. The molecule has 0 unspecified atom stereocenters. The molecule has 0 radical (unpaired) electrons. The summed E-state index contributed by atoms with van der Waals surface area (Å²) in [6.45, 7) is 1.26. The Balaban J connectivity index is 2.15. The van der Waals surface area contributed by atoms with Crippen molar-refractivity contribution in [2.45, 2.75) is 31.5 Å². The number of nitrogen functional groups attached to an aromatic ring is 2. The predicted octanol–water partition coefficient (Wildman–Crippen LogP) is -2.09. The summed E-state index contributed by atoms with van der Waals surface area (Å²) in [6, 6.07) is 0. The van der Waals surface area contributed by atoms with Gasteiger partial charge >= 0.3 is 0 Å². The maximum atomic E-state index is 10.1. The lowest BCUT2D eigenvalue weighted by Gasteiger charge is -2.18. The molecule has 0 bridgehead atoms. The van der Waals surface area contributed by atoms with E-state index in [4.69, 9.17) is 21.3 Å². The molecule has 1 saturated heterocycles. The van der Waals surface area contributed by atoms with E-state index in [1.165, 1.54) is 4.57 Å². The Bertz CT molecular complexity index is 689. The zero-order valence-electron chi connectivity index (χ0n) is 11.2. The Hall–Kier alpha value is -2.01. The second-order valence-electron chi connectivity index (χ2n) is 4.90. The Labute approximate surface area is 119 Å². The molecule has 1 aliphatic rings. The standard InChI is InChI=1S/C11H16N6O4/c1-3-14-5-8(12)15-11(13)16-9(5)17(3)10-7(20)6(19)4(2-18)21-10/h4,6-7,10,18-20H,2H2,1H3,(H4,12,13,15,16)/t4-,6-,7-,10-/m1/s1. The molecule has 2 aromatic heterocycles. The Morgan fingerprint density at radius 1 is 1.19 bits per heavy atom. The maximum Gasteiger partial charge on any atom is 0.224 e. The number of fused-ring (bicyclic) bond motifs is 1. The highest BCUT2D eigenvalue weighted by Gasteiger charge is 2.44. The lowest BCUT2D eigenvalue weighted by Crippen LogP contribution is -2.33. The number of aliphatic hydroxyl groups excluding tert-OH is 3. The molecular weight excluding hydrogens is 280 g/mol. The second-order valence-corrected chi connectivity index (χ2v) is 4.90. The largest absolute Gasteiger partial charge is 0.394 e. The average molecular weight is 296 g/mol. The van der Waals surface area contributed by atoms with E-state index in [9.17, 15) is 10.2 Å². The van der Waals surface area contributed by atoms with Crippen molar-refractivity contribution in [2.24, 2.45) is 0 Å². The number of aliphatic hydroxyl groups is 3. The Morgan fingerprint density at radius 2 is 1.90 bits per heavy atom. The van der Waals surface area contributed by atoms with Gasteiger partial charge in [0.25, 0.3) is 0 Å². The minimum atomic E-state index is -1.24. The smallest absolute Gasteiger partial charge is 0.224 e. The Morgan fingerprint density at radius 3 is 2.52 bits per heavy atom. The summed E-state index contributed by atoms with van der Waals surface area (Å²) in [5, 5.41) is 29.1. The Kier molecular flexibility index (Phi) is 3.17. The van der Waals surface area contributed by atoms with Gasteiger partial charge in [-0.1, -0.05) is 0 Å². The molecule has 0 aliphatic carbocycles. The molecule has 3 rings (SSSR count). The van der Waals surface area contributed by atoms with Crippen molar-refractivity contribution >= 4 is 22.9 Å². The number of ether oxygens (including phenoxy) is 1. The molecule has 0 saturated carbocycles. The van der Waals surface area contributed by atoms with Crippen LogP contribution in [-0.4, -0.2) is 59.8 Å². The van der Waals surface area contributed by atoms with Crippen LogP contribution >= 0.6 is 0 Å². The molecule has 1 aliphatic heterocycles. The van der Waals surface area contributed by atoms with Crippen LogP contribution in [-0.2, 0) is 4.74 Å². The quantitative estimate of drug-likeness (QED) is 0.417. The van der Waals surface area contributed by atoms with Crippen LogP contribution < -0.4 is 11.5 Å². The molecule has 10 nitrogen and oxygen atoms in total. The normalized spacial score (nSPS) is 29.3. The van der Waals surface area contributed by atoms with Crippen molar-refractivity contribution in [2.75, 3.05) is 18.1 Å². The van der Waals surface area contributed by atoms with Crippen molar-refractivity contribution in [1.82, 2.24) is 19.5 Å². The van der Waals surface area contributed by atoms with Crippen LogP contribution in [0, 0.1) is 6.92 Å². The number of aromatic nitrogens is 4. The van der Waals surface area contributed by atoms with E-state index >= 15 is 0 Å². The summed E-state index contributed by atoms with van der Waals surface area (Å²) in [4.78, 5) is 12.1. The van der Waals surface area contributed by atoms with Crippen molar-refractivity contribution in [1.29, 1.82) is 0 Å². The van der Waals surface area contributed by atoms with Gasteiger partial charge in [-0.2, -0.15) is 9.97 Å². The van der Waals surface area contributed by atoms with Crippen LogP contribution in [0.5, 0.6) is 0 Å². The lowest BCUT2D eigenvalue weighted by molar-refractivity contribution is -0.0519. The third-order valence-electron chi connectivity index (χ3n) is 3.53. The lowest BCUT2D eigenvalue weighted by atomic mass is 10.1. The fourth-order valence-corrected chi connectivity index (χ4v) is 2.52. The summed E-state index contributed by atoms with van der Waals surface area (Å²) < 4.78 is 6.96. The number of hydrogen-bond donors (Lipinski definition) is 5. The van der Waals surface area contributed by atoms with Crippen LogP contribution in [0.1, 0.15) is 12.1 Å². The van der Waals surface area contributed by atoms with E-state index in [1.54, 1.807) is 6.92 Å². The number of hydrogen-bond acceptors (Lipinski definition) is 9. The van der Waals surface area contributed by atoms with Crippen molar-refractivity contribution < 1.29 is 20.1 Å². The van der Waals surface area contributed by atoms with Gasteiger partial charge < -0.3 is 31.5 Å². The molecule has 1 fully saturated rings. The molecule has 0 spiro atoms. The minimum absolute atomic E-state index is 0.0344. The number of nitrogens with zero attached hydrogens (tertiary/aromatic N) is 4. The van der Waals surface area contributed by atoms with Gasteiger partial charge in [0.1, 0.15) is 24.1 Å². The average Bonchev–Trinajstić information content (AvgIpc) is 2.89. The van der Waals surface area contributed by atoms with Crippen LogP contribution in [0.3, 0.4) is 0 Å². The summed E-state index contributed by atoms with van der Waals surface area (Å²) in [5.74, 6) is 0.547. The van der Waals surface area contributed by atoms with Crippen molar-refractivity contribution in [3.63, 3.8) is 0 Å². The minimum Gasteiger partial charge on any atom is -0.394 e. The van der Waals surface area contributed by atoms with Crippen LogP contribution in [0.2, 0.25) is 0 Å². The fraction of sp³-hybridized carbons (Fsp3) is 0.545. The molecule has 2 aromatic rings. The highest BCUT2D eigenvalue weighted by molar-refractivity contribution is 5.83. The van der Waals surface area contributed by atoms with Gasteiger partial charge in [0.05, 0.1) is 6.61 Å². The number of rotatable bonds is 2. The van der Waals surface area contributed by atoms with Gasteiger partial charge in [-0.15, -0.1) is 0 Å². The topological polar surface area (TPSA) is 166 Å². The molecule has 114 valence electrons. The zero-order chi connectivity index (χ0) is 15.3. The highest BCUT2D eigenvalue weighted by Crippen LogP contribution is 2.33. The molecule has 4 atom stereocenters. The van der Waals surface area contributed by atoms with E-state index in [-0.39, 0.29) is 11.8 Å². The highest BCUT2D eigenvalue weighted by atomic mass is 16.6. The maximum absolute atomic E-state index is 10.1. The van der Waals surface area contributed by atoms with E-state index < -0.39 is 31.1 Å². The first-order valence-corrected chi connectivity index (χ1v) is 6.34. The molecule has 21 heavy (non-hydrogen) atoms. The molecule has 0 aromatic carbocycles. The zero-order valence-corrected chi connectivity index (χ0v) is 11.2. The third kappa shape index (κ3) is 2.00. The number of aryl methyl sites for hydroxylation is 1. The van der Waals surface area contributed by atoms with Gasteiger partial charge in [-0.05, 0) is 6.92 Å². The van der Waals surface area contributed by atoms with Gasteiger partial charge in [0.2, 0.25) is 5.95 Å². The summed E-state index contributed by atoms with van der Waals surface area (Å²) in [6.07, 6.45) is -4.29. The van der Waals surface area contributed by atoms with E-state index in [2.05, 4.69) is 15.0 Å². The van der Waals surface area contributed by atoms with Crippen molar-refractivity contribution in [3.05, 3.63) is 5.82 Å². The van der Waals surface area contributed by atoms with Crippen LogP contribution in [0.4, 0.5) is 11.8 Å². The first-order valence-electron chi connectivity index (χ1n) is 6.34. The monoisotopic (exact) mass is 296 g/mol. The summed E-state index contributed by atoms with van der Waals surface area (Å²) in [5.41, 5.74) is 12.0. The van der Waals surface area contributed by atoms with E-state index in [0.717, 1.165) is 0 Å². The molecule has 7 N–H and O–H groups in total. The van der Waals surface area contributed by atoms with Gasteiger partial charge in [-0.3, -0.25) is 4.57 Å². The number of nitrogens with two attached hydrogens (primary N) is 2. The van der Waals surface area contributed by atoms with Crippen LogP contribution in [0.25, 0.3) is 11.2 Å². The molecule has 3 heterocycles. The fourth-order valence-electron chi connectivity index (χ4n) is 2.52. The second kappa shape index (κ2) is 4.77. The molecule has 0 amide bonds.